The molecule has 35 heavy (non-hydrogen) atoms. The molecular weight excluding hydrogens is 462 g/mol. The van der Waals surface area contributed by atoms with E-state index in [0.29, 0.717) is 17.8 Å². The maximum Gasteiger partial charge on any atom is 0.416 e. The van der Waals surface area contributed by atoms with Gasteiger partial charge in [-0.3, -0.25) is 4.79 Å². The zero-order valence-electron chi connectivity index (χ0n) is 19.5. The molecule has 0 saturated heterocycles. The molecule has 4 rings (SSSR count). The van der Waals surface area contributed by atoms with Crippen molar-refractivity contribution in [2.24, 2.45) is 0 Å². The summed E-state index contributed by atoms with van der Waals surface area (Å²) in [5.41, 5.74) is 0.615. The fourth-order valence-corrected chi connectivity index (χ4v) is 4.88. The van der Waals surface area contributed by atoms with Crippen LogP contribution in [0.3, 0.4) is 0 Å². The number of halogens is 4. The monoisotopic (exact) mass is 487 g/mol. The molecule has 0 radical (unpaired) electrons. The maximum absolute atomic E-state index is 14.0. The Labute approximate surface area is 200 Å². The van der Waals surface area contributed by atoms with Gasteiger partial charge in [-0.2, -0.15) is 13.2 Å². The first-order valence-corrected chi connectivity index (χ1v) is 11.3. The molecule has 0 unspecified atom stereocenters. The van der Waals surface area contributed by atoms with Crippen molar-refractivity contribution in [3.05, 3.63) is 93.6 Å². The van der Waals surface area contributed by atoms with Crippen LogP contribution in [0.2, 0.25) is 0 Å². The van der Waals surface area contributed by atoms with Gasteiger partial charge in [0.05, 0.1) is 17.2 Å². The number of esters is 1. The molecule has 1 heterocycles. The molecule has 1 N–H and O–H groups in total. The highest BCUT2D eigenvalue weighted by Crippen LogP contribution is 2.48. The minimum atomic E-state index is -4.68. The molecule has 2 atom stereocenters. The first-order chi connectivity index (χ1) is 16.5. The van der Waals surface area contributed by atoms with Crippen molar-refractivity contribution < 1.29 is 31.9 Å². The molecule has 0 bridgehead atoms. The van der Waals surface area contributed by atoms with Crippen LogP contribution in [0.1, 0.15) is 62.1 Å². The van der Waals surface area contributed by atoms with Crippen molar-refractivity contribution in [1.29, 1.82) is 0 Å². The van der Waals surface area contributed by atoms with Crippen molar-refractivity contribution >= 4 is 11.8 Å². The minimum absolute atomic E-state index is 0.0114. The van der Waals surface area contributed by atoms with E-state index in [9.17, 15) is 27.2 Å². The number of alkyl halides is 3. The number of ketones is 1. The SMILES string of the molecule is CC1=C(C(=O)OC(C)C)[C@@H](c2ccccc2C(F)(F)F)C2=C(C[C@@H](c3ccc(F)cc3)CC2=O)N1. The zero-order chi connectivity index (χ0) is 25.5. The van der Waals surface area contributed by atoms with Gasteiger partial charge in [-0.15, -0.1) is 0 Å². The van der Waals surface area contributed by atoms with E-state index in [4.69, 9.17) is 4.74 Å². The van der Waals surface area contributed by atoms with Crippen molar-refractivity contribution in [2.75, 3.05) is 0 Å². The van der Waals surface area contributed by atoms with Crippen molar-refractivity contribution in [2.45, 2.75) is 57.7 Å². The van der Waals surface area contributed by atoms with Gasteiger partial charge in [0.15, 0.2) is 5.78 Å². The number of carbonyl (C=O) groups is 2. The number of carbonyl (C=O) groups excluding carboxylic acids is 2. The number of Topliss-reactive ketones (excluding diaryl/α,β-unsaturated/α-hetero) is 1. The second-order valence-corrected chi connectivity index (χ2v) is 9.11. The summed E-state index contributed by atoms with van der Waals surface area (Å²) >= 11 is 0. The summed E-state index contributed by atoms with van der Waals surface area (Å²) in [7, 11) is 0. The second-order valence-electron chi connectivity index (χ2n) is 9.11. The molecule has 2 aromatic rings. The third-order valence-electron chi connectivity index (χ3n) is 6.31. The number of ether oxygens (including phenoxy) is 1. The molecule has 0 amide bonds. The number of allylic oxidation sites excluding steroid dienone is 3. The highest BCUT2D eigenvalue weighted by Gasteiger charge is 2.45. The Morgan fingerprint density at radius 2 is 1.71 bits per heavy atom. The highest BCUT2D eigenvalue weighted by atomic mass is 19.4. The van der Waals surface area contributed by atoms with Crippen molar-refractivity contribution in [3.8, 4) is 0 Å². The number of benzene rings is 2. The van der Waals surface area contributed by atoms with Crippen LogP contribution in [0.25, 0.3) is 0 Å². The zero-order valence-corrected chi connectivity index (χ0v) is 19.5. The molecule has 1 aliphatic heterocycles. The lowest BCUT2D eigenvalue weighted by atomic mass is 9.71. The van der Waals surface area contributed by atoms with Crippen LogP contribution in [0, 0.1) is 5.82 Å². The van der Waals surface area contributed by atoms with Crippen LogP contribution in [-0.4, -0.2) is 17.9 Å². The number of dihydropyridines is 1. The predicted octanol–water partition coefficient (Wildman–Crippen LogP) is 6.16. The third-order valence-corrected chi connectivity index (χ3v) is 6.31. The Hall–Kier alpha value is -3.42. The number of hydrogen-bond donors (Lipinski definition) is 1. The van der Waals surface area contributed by atoms with Gasteiger partial charge in [0, 0.05) is 29.3 Å². The van der Waals surface area contributed by atoms with Gasteiger partial charge in [-0.05, 0) is 62.4 Å². The quantitative estimate of drug-likeness (QED) is 0.415. The normalized spacial score (nSPS) is 20.6. The molecule has 8 heteroatoms. The molecule has 2 aromatic carbocycles. The van der Waals surface area contributed by atoms with Gasteiger partial charge >= 0.3 is 12.1 Å². The molecule has 0 saturated carbocycles. The summed E-state index contributed by atoms with van der Waals surface area (Å²) in [6.45, 7) is 4.88. The molecule has 0 spiro atoms. The van der Waals surface area contributed by atoms with Crippen LogP contribution >= 0.6 is 0 Å². The van der Waals surface area contributed by atoms with E-state index in [0.717, 1.165) is 11.6 Å². The lowest BCUT2D eigenvalue weighted by Crippen LogP contribution is -2.37. The summed E-state index contributed by atoms with van der Waals surface area (Å²) in [6, 6.07) is 10.8. The van der Waals surface area contributed by atoms with Gasteiger partial charge in [-0.1, -0.05) is 30.3 Å². The Balaban J connectivity index is 1.87. The van der Waals surface area contributed by atoms with Gasteiger partial charge in [0.1, 0.15) is 5.82 Å². The van der Waals surface area contributed by atoms with Crippen LogP contribution in [0.4, 0.5) is 17.6 Å². The van der Waals surface area contributed by atoms with E-state index in [1.54, 1.807) is 32.9 Å². The largest absolute Gasteiger partial charge is 0.460 e. The standard InChI is InChI=1S/C27H25F4NO3/c1-14(2)35-26(34)23-15(3)32-21-12-17(16-8-10-18(28)11-9-16)13-22(33)25(21)24(23)19-6-4-5-7-20(19)27(29,30)31/h4-11,14,17,24,32H,12-13H2,1-3H3/t17-,24-/m1/s1. The fraction of sp³-hybridized carbons (Fsp3) is 0.333. The Kier molecular flexibility index (Phi) is 6.58. The third kappa shape index (κ3) is 4.88. The lowest BCUT2D eigenvalue weighted by molar-refractivity contribution is -0.143. The Morgan fingerprint density at radius 1 is 1.06 bits per heavy atom. The van der Waals surface area contributed by atoms with E-state index >= 15 is 0 Å². The Morgan fingerprint density at radius 3 is 2.34 bits per heavy atom. The lowest BCUT2D eigenvalue weighted by Gasteiger charge is -2.37. The van der Waals surface area contributed by atoms with E-state index < -0.39 is 35.5 Å². The van der Waals surface area contributed by atoms with Gasteiger partial charge in [0.2, 0.25) is 0 Å². The predicted molar refractivity (Wildman–Crippen MR) is 122 cm³/mol. The van der Waals surface area contributed by atoms with Crippen LogP contribution in [-0.2, 0) is 20.5 Å². The first kappa shape index (κ1) is 24.7. The summed E-state index contributed by atoms with van der Waals surface area (Å²) in [6.07, 6.45) is -4.82. The van der Waals surface area contributed by atoms with Crippen molar-refractivity contribution in [1.82, 2.24) is 5.32 Å². The molecular formula is C27H25F4NO3. The van der Waals surface area contributed by atoms with Crippen LogP contribution in [0.5, 0.6) is 0 Å². The summed E-state index contributed by atoms with van der Waals surface area (Å²) < 4.78 is 60.8. The molecule has 0 fully saturated rings. The van der Waals surface area contributed by atoms with Crippen LogP contribution in [0.15, 0.2) is 71.1 Å². The topological polar surface area (TPSA) is 55.4 Å². The first-order valence-electron chi connectivity index (χ1n) is 11.3. The van der Waals surface area contributed by atoms with E-state index in [1.807, 2.05) is 0 Å². The van der Waals surface area contributed by atoms with E-state index in [1.165, 1.54) is 30.3 Å². The average molecular weight is 487 g/mol. The molecule has 1 aliphatic carbocycles. The maximum atomic E-state index is 14.0. The summed E-state index contributed by atoms with van der Waals surface area (Å²) in [5.74, 6) is -3.03. The number of hydrogen-bond acceptors (Lipinski definition) is 4. The summed E-state index contributed by atoms with van der Waals surface area (Å²) in [4.78, 5) is 26.6. The second kappa shape index (κ2) is 9.32. The van der Waals surface area contributed by atoms with E-state index in [2.05, 4.69) is 5.32 Å². The van der Waals surface area contributed by atoms with Crippen molar-refractivity contribution in [3.63, 3.8) is 0 Å². The number of rotatable bonds is 4. The van der Waals surface area contributed by atoms with Crippen LogP contribution < -0.4 is 5.32 Å². The molecule has 184 valence electrons. The molecule has 4 nitrogen and oxygen atoms in total. The number of nitrogens with one attached hydrogen (secondary N) is 1. The minimum Gasteiger partial charge on any atom is -0.460 e. The van der Waals surface area contributed by atoms with Gasteiger partial charge in [-0.25, -0.2) is 9.18 Å². The molecule has 0 aromatic heterocycles. The Bertz CT molecular complexity index is 1230. The van der Waals surface area contributed by atoms with E-state index in [-0.39, 0.29) is 34.8 Å². The molecule has 2 aliphatic rings. The fourth-order valence-electron chi connectivity index (χ4n) is 4.88. The van der Waals surface area contributed by atoms with Gasteiger partial charge < -0.3 is 10.1 Å². The average Bonchev–Trinajstić information content (AvgIpc) is 2.77. The summed E-state index contributed by atoms with van der Waals surface area (Å²) in [5, 5.41) is 3.10. The van der Waals surface area contributed by atoms with Gasteiger partial charge in [0.25, 0.3) is 0 Å². The smallest absolute Gasteiger partial charge is 0.416 e. The highest BCUT2D eigenvalue weighted by molar-refractivity contribution is 6.04.